The van der Waals surface area contributed by atoms with Crippen molar-refractivity contribution in [2.24, 2.45) is 10.8 Å². The molecule has 1 unspecified atom stereocenters. The first-order chi connectivity index (χ1) is 8.57. The van der Waals surface area contributed by atoms with Gasteiger partial charge in [0.25, 0.3) is 0 Å². The molecule has 0 fully saturated rings. The van der Waals surface area contributed by atoms with Crippen LogP contribution in [0, 0.1) is 10.8 Å². The van der Waals surface area contributed by atoms with Crippen molar-refractivity contribution in [1.82, 2.24) is 5.32 Å². The minimum absolute atomic E-state index is 0.00313. The van der Waals surface area contributed by atoms with Crippen LogP contribution in [0.5, 0.6) is 0 Å². The molecule has 0 saturated heterocycles. The van der Waals surface area contributed by atoms with Crippen molar-refractivity contribution in [3.63, 3.8) is 0 Å². The Morgan fingerprint density at radius 3 is 2.11 bits per heavy atom. The zero-order chi connectivity index (χ0) is 14.8. The Morgan fingerprint density at radius 1 is 1.11 bits per heavy atom. The number of nitrogens with one attached hydrogen (secondary N) is 1. The monoisotopic (exact) mass is 265 g/mol. The van der Waals surface area contributed by atoms with E-state index in [1.807, 2.05) is 0 Å². The predicted molar refractivity (Wildman–Crippen MR) is 82.0 cm³/mol. The van der Waals surface area contributed by atoms with E-state index in [2.05, 4.69) is 53.8 Å². The standard InChI is InChI=1S/C17H31NO/c1-8-9-10-12-11-13(19)14(16(2,3)4)15(18-12)17(5,6)7/h12,18H,8-11H2,1-7H3. The minimum Gasteiger partial charge on any atom is -0.384 e. The SMILES string of the molecule is CCCCC1CC(=O)C(C(C)(C)C)=C(C(C)(C)C)N1. The van der Waals surface area contributed by atoms with Gasteiger partial charge in [0.2, 0.25) is 0 Å². The lowest BCUT2D eigenvalue weighted by molar-refractivity contribution is -0.117. The van der Waals surface area contributed by atoms with Crippen molar-refractivity contribution in [1.29, 1.82) is 0 Å². The van der Waals surface area contributed by atoms with Crippen molar-refractivity contribution in [2.75, 3.05) is 0 Å². The van der Waals surface area contributed by atoms with E-state index >= 15 is 0 Å². The summed E-state index contributed by atoms with van der Waals surface area (Å²) >= 11 is 0. The first kappa shape index (κ1) is 16.3. The molecule has 0 amide bonds. The third-order valence-electron chi connectivity index (χ3n) is 3.72. The lowest BCUT2D eigenvalue weighted by Crippen LogP contribution is -2.44. The van der Waals surface area contributed by atoms with Gasteiger partial charge in [0, 0.05) is 29.1 Å². The number of ketones is 1. The van der Waals surface area contributed by atoms with Crippen LogP contribution >= 0.6 is 0 Å². The van der Waals surface area contributed by atoms with Gasteiger partial charge in [-0.15, -0.1) is 0 Å². The summed E-state index contributed by atoms with van der Waals surface area (Å²) in [5, 5.41) is 3.67. The van der Waals surface area contributed by atoms with Gasteiger partial charge in [-0.25, -0.2) is 0 Å². The second kappa shape index (κ2) is 5.68. The summed E-state index contributed by atoms with van der Waals surface area (Å²) in [5.41, 5.74) is 2.09. The van der Waals surface area contributed by atoms with Crippen LogP contribution in [0.1, 0.15) is 74.1 Å². The number of hydrogen-bond donors (Lipinski definition) is 1. The molecular formula is C17H31NO. The molecule has 0 aromatic carbocycles. The van der Waals surface area contributed by atoms with Crippen molar-refractivity contribution >= 4 is 5.78 Å². The summed E-state index contributed by atoms with van der Waals surface area (Å²) in [4.78, 5) is 12.6. The van der Waals surface area contributed by atoms with Gasteiger partial charge in [-0.05, 0) is 11.8 Å². The predicted octanol–water partition coefficient (Wildman–Crippen LogP) is 4.45. The van der Waals surface area contributed by atoms with Crippen LogP contribution in [0.3, 0.4) is 0 Å². The molecule has 0 radical (unpaired) electrons. The topological polar surface area (TPSA) is 29.1 Å². The summed E-state index contributed by atoms with van der Waals surface area (Å²) in [6, 6.07) is 0.327. The molecule has 2 heteroatoms. The second-order valence-corrected chi connectivity index (χ2v) is 7.86. The molecule has 0 saturated carbocycles. The zero-order valence-electron chi connectivity index (χ0n) is 13.8. The maximum Gasteiger partial charge on any atom is 0.163 e. The molecule has 1 aliphatic heterocycles. The van der Waals surface area contributed by atoms with E-state index in [1.165, 1.54) is 12.8 Å². The molecular weight excluding hydrogens is 234 g/mol. The fraction of sp³-hybridized carbons (Fsp3) is 0.824. The number of rotatable bonds is 3. The Morgan fingerprint density at radius 2 is 1.68 bits per heavy atom. The average molecular weight is 265 g/mol. The summed E-state index contributed by atoms with van der Waals surface area (Å²) in [6.45, 7) is 15.2. The summed E-state index contributed by atoms with van der Waals surface area (Å²) < 4.78 is 0. The molecule has 0 aromatic rings. The summed E-state index contributed by atoms with van der Waals surface area (Å²) in [7, 11) is 0. The lowest BCUT2D eigenvalue weighted by Gasteiger charge is -2.39. The molecule has 0 aliphatic carbocycles. The van der Waals surface area contributed by atoms with Crippen LogP contribution in [0.25, 0.3) is 0 Å². The summed E-state index contributed by atoms with van der Waals surface area (Å²) in [5.74, 6) is 0.345. The Hall–Kier alpha value is -0.790. The highest BCUT2D eigenvalue weighted by Gasteiger charge is 2.37. The van der Waals surface area contributed by atoms with Gasteiger partial charge in [0.1, 0.15) is 0 Å². The van der Waals surface area contributed by atoms with Crippen LogP contribution < -0.4 is 5.32 Å². The number of allylic oxidation sites excluding steroid dienone is 2. The molecule has 0 bridgehead atoms. The average Bonchev–Trinajstić information content (AvgIpc) is 2.22. The molecule has 1 aliphatic rings. The maximum atomic E-state index is 12.6. The van der Waals surface area contributed by atoms with E-state index in [0.29, 0.717) is 18.2 Å². The van der Waals surface area contributed by atoms with E-state index < -0.39 is 0 Å². The largest absolute Gasteiger partial charge is 0.384 e. The van der Waals surface area contributed by atoms with Crippen LogP contribution in [0.15, 0.2) is 11.3 Å². The molecule has 1 N–H and O–H groups in total. The Bertz CT molecular complexity index is 366. The van der Waals surface area contributed by atoms with Gasteiger partial charge in [0.05, 0.1) is 0 Å². The number of carbonyl (C=O) groups is 1. The van der Waals surface area contributed by atoms with Gasteiger partial charge in [-0.1, -0.05) is 61.3 Å². The number of unbranched alkanes of at least 4 members (excludes halogenated alkanes) is 1. The van der Waals surface area contributed by atoms with Gasteiger partial charge in [-0.2, -0.15) is 0 Å². The molecule has 19 heavy (non-hydrogen) atoms. The second-order valence-electron chi connectivity index (χ2n) is 7.86. The van der Waals surface area contributed by atoms with E-state index in [9.17, 15) is 4.79 Å². The third-order valence-corrected chi connectivity index (χ3v) is 3.72. The molecule has 0 spiro atoms. The quantitative estimate of drug-likeness (QED) is 0.816. The van der Waals surface area contributed by atoms with Crippen LogP contribution in [0.2, 0.25) is 0 Å². The van der Waals surface area contributed by atoms with Crippen molar-refractivity contribution < 1.29 is 4.79 Å². The van der Waals surface area contributed by atoms with Crippen molar-refractivity contribution in [3.8, 4) is 0 Å². The van der Waals surface area contributed by atoms with Gasteiger partial charge in [-0.3, -0.25) is 4.79 Å². The van der Waals surface area contributed by atoms with Gasteiger partial charge in [0.15, 0.2) is 5.78 Å². The highest BCUT2D eigenvalue weighted by Crippen LogP contribution is 2.39. The Kier molecular flexibility index (Phi) is 4.86. The molecule has 1 heterocycles. The van der Waals surface area contributed by atoms with Crippen LogP contribution in [0.4, 0.5) is 0 Å². The Labute approximate surface area is 119 Å². The van der Waals surface area contributed by atoms with E-state index in [1.54, 1.807) is 0 Å². The number of carbonyl (C=O) groups excluding carboxylic acids is 1. The fourth-order valence-corrected chi connectivity index (χ4v) is 2.80. The van der Waals surface area contributed by atoms with Crippen molar-refractivity contribution in [3.05, 3.63) is 11.3 Å². The Balaban J connectivity index is 3.13. The van der Waals surface area contributed by atoms with E-state index in [0.717, 1.165) is 17.7 Å². The first-order valence-electron chi connectivity index (χ1n) is 7.62. The number of hydrogen-bond acceptors (Lipinski definition) is 2. The fourth-order valence-electron chi connectivity index (χ4n) is 2.80. The molecule has 110 valence electrons. The van der Waals surface area contributed by atoms with Crippen LogP contribution in [-0.2, 0) is 4.79 Å². The zero-order valence-corrected chi connectivity index (χ0v) is 13.8. The molecule has 1 rings (SSSR count). The maximum absolute atomic E-state index is 12.6. The molecule has 2 nitrogen and oxygen atoms in total. The number of Topliss-reactive ketones (excluding diaryl/α,β-unsaturated/α-hetero) is 1. The normalized spacial score (nSPS) is 21.6. The lowest BCUT2D eigenvalue weighted by atomic mass is 9.73. The molecule has 1 atom stereocenters. The van der Waals surface area contributed by atoms with Crippen molar-refractivity contribution in [2.45, 2.75) is 80.2 Å². The highest BCUT2D eigenvalue weighted by atomic mass is 16.1. The summed E-state index contributed by atoms with van der Waals surface area (Å²) in [6.07, 6.45) is 4.13. The van der Waals surface area contributed by atoms with Gasteiger partial charge >= 0.3 is 0 Å². The van der Waals surface area contributed by atoms with E-state index in [4.69, 9.17) is 0 Å². The highest BCUT2D eigenvalue weighted by molar-refractivity contribution is 5.98. The van der Waals surface area contributed by atoms with E-state index in [-0.39, 0.29) is 10.8 Å². The first-order valence-corrected chi connectivity index (χ1v) is 7.62. The molecule has 0 aromatic heterocycles. The van der Waals surface area contributed by atoms with Gasteiger partial charge < -0.3 is 5.32 Å². The minimum atomic E-state index is -0.0809. The van der Waals surface area contributed by atoms with Crippen LogP contribution in [-0.4, -0.2) is 11.8 Å². The third kappa shape index (κ3) is 4.09. The smallest absolute Gasteiger partial charge is 0.163 e.